The van der Waals surface area contributed by atoms with Crippen molar-refractivity contribution in [1.29, 1.82) is 0 Å². The molecule has 3 N–H and O–H groups in total. The lowest BCUT2D eigenvalue weighted by atomic mass is 9.88. The molecule has 0 heterocycles. The van der Waals surface area contributed by atoms with Crippen molar-refractivity contribution in [3.63, 3.8) is 0 Å². The number of nitrogens with zero attached hydrogens (tertiary/aromatic N) is 1. The number of rotatable bonds is 4. The van der Waals surface area contributed by atoms with Crippen molar-refractivity contribution in [2.75, 3.05) is 11.1 Å². The largest absolute Gasteiger partial charge is 0.397 e. The van der Waals surface area contributed by atoms with Gasteiger partial charge in [-0.15, -0.1) is 0 Å². The summed E-state index contributed by atoms with van der Waals surface area (Å²) in [5.41, 5.74) is 8.45. The standard InChI is InChI=1S/C20H21Cl2N3O/c21-15-7-9-18(23)19(10-15)24-12-14-6-8-16(11-17(14)22)25-20(26)13-4-2-1-3-5-13/h6-13H,1-5,23H2,(H,25,26). The summed E-state index contributed by atoms with van der Waals surface area (Å²) in [6.07, 6.45) is 7.04. The zero-order valence-corrected chi connectivity index (χ0v) is 15.9. The second-order valence-electron chi connectivity index (χ2n) is 6.52. The molecule has 0 aliphatic heterocycles. The topological polar surface area (TPSA) is 67.5 Å². The number of anilines is 2. The number of hydrogen-bond acceptors (Lipinski definition) is 3. The summed E-state index contributed by atoms with van der Waals surface area (Å²) in [5, 5.41) is 4.04. The molecule has 0 spiro atoms. The molecule has 26 heavy (non-hydrogen) atoms. The molecular weight excluding hydrogens is 369 g/mol. The van der Waals surface area contributed by atoms with Crippen molar-refractivity contribution in [2.24, 2.45) is 10.9 Å². The Morgan fingerprint density at radius 2 is 1.88 bits per heavy atom. The second kappa shape index (κ2) is 8.56. The van der Waals surface area contributed by atoms with Crippen LogP contribution in [0.4, 0.5) is 17.1 Å². The summed E-state index contributed by atoms with van der Waals surface area (Å²) < 4.78 is 0. The second-order valence-corrected chi connectivity index (χ2v) is 7.37. The van der Waals surface area contributed by atoms with Gasteiger partial charge in [0.1, 0.15) is 0 Å². The first-order valence-corrected chi connectivity index (χ1v) is 9.48. The summed E-state index contributed by atoms with van der Waals surface area (Å²) >= 11 is 12.3. The molecular formula is C20H21Cl2N3O. The molecule has 1 aliphatic carbocycles. The third kappa shape index (κ3) is 4.77. The molecule has 0 unspecified atom stereocenters. The number of halogens is 2. The van der Waals surface area contributed by atoms with Gasteiger partial charge in [0.05, 0.1) is 16.4 Å². The molecule has 0 aromatic heterocycles. The third-order valence-corrected chi connectivity index (χ3v) is 5.14. The first kappa shape index (κ1) is 18.7. The molecule has 1 fully saturated rings. The van der Waals surface area contributed by atoms with Gasteiger partial charge in [-0.1, -0.05) is 42.5 Å². The average molecular weight is 390 g/mol. The van der Waals surface area contributed by atoms with Gasteiger partial charge < -0.3 is 11.1 Å². The van der Waals surface area contributed by atoms with E-state index in [9.17, 15) is 4.79 Å². The highest BCUT2D eigenvalue weighted by Gasteiger charge is 2.21. The van der Waals surface area contributed by atoms with Crippen LogP contribution in [-0.4, -0.2) is 12.1 Å². The van der Waals surface area contributed by atoms with Crippen molar-refractivity contribution < 1.29 is 4.79 Å². The van der Waals surface area contributed by atoms with Crippen LogP contribution in [-0.2, 0) is 4.79 Å². The minimum absolute atomic E-state index is 0.0777. The van der Waals surface area contributed by atoms with Gasteiger partial charge in [0.15, 0.2) is 0 Å². The van der Waals surface area contributed by atoms with E-state index >= 15 is 0 Å². The van der Waals surface area contributed by atoms with Crippen molar-refractivity contribution in [2.45, 2.75) is 32.1 Å². The van der Waals surface area contributed by atoms with E-state index in [0.29, 0.717) is 27.1 Å². The van der Waals surface area contributed by atoms with E-state index in [1.54, 1.807) is 30.5 Å². The van der Waals surface area contributed by atoms with E-state index in [1.165, 1.54) is 6.42 Å². The van der Waals surface area contributed by atoms with Crippen molar-refractivity contribution >= 4 is 52.4 Å². The van der Waals surface area contributed by atoms with E-state index in [4.69, 9.17) is 28.9 Å². The molecule has 1 amide bonds. The predicted molar refractivity (Wildman–Crippen MR) is 110 cm³/mol. The number of carbonyl (C=O) groups excluding carboxylic acids is 1. The molecule has 0 bridgehead atoms. The van der Waals surface area contributed by atoms with Crippen molar-refractivity contribution in [1.82, 2.24) is 0 Å². The monoisotopic (exact) mass is 389 g/mol. The number of nitrogen functional groups attached to an aromatic ring is 1. The molecule has 1 saturated carbocycles. The number of aliphatic imine (C=N–C) groups is 1. The van der Waals surface area contributed by atoms with Crippen LogP contribution in [0.5, 0.6) is 0 Å². The summed E-state index contributed by atoms with van der Waals surface area (Å²) in [7, 11) is 0. The quantitative estimate of drug-likeness (QED) is 0.508. The number of nitrogens with one attached hydrogen (secondary N) is 1. The van der Waals surface area contributed by atoms with E-state index < -0.39 is 0 Å². The maximum Gasteiger partial charge on any atom is 0.227 e. The van der Waals surface area contributed by atoms with Crippen LogP contribution in [0.15, 0.2) is 41.4 Å². The van der Waals surface area contributed by atoms with Crippen LogP contribution >= 0.6 is 23.2 Å². The van der Waals surface area contributed by atoms with E-state index in [0.717, 1.165) is 31.2 Å². The molecule has 4 nitrogen and oxygen atoms in total. The Morgan fingerprint density at radius 1 is 1.12 bits per heavy atom. The third-order valence-electron chi connectivity index (χ3n) is 4.58. The number of amides is 1. The van der Waals surface area contributed by atoms with Gasteiger partial charge in [0.25, 0.3) is 0 Å². The Labute approximate surface area is 163 Å². The smallest absolute Gasteiger partial charge is 0.227 e. The minimum atomic E-state index is 0.0777. The summed E-state index contributed by atoms with van der Waals surface area (Å²) in [4.78, 5) is 16.7. The van der Waals surface area contributed by atoms with Crippen LogP contribution < -0.4 is 11.1 Å². The molecule has 2 aromatic carbocycles. The number of carbonyl (C=O) groups is 1. The number of nitrogens with two attached hydrogens (primary N) is 1. The van der Waals surface area contributed by atoms with Gasteiger partial charge in [-0.3, -0.25) is 9.79 Å². The van der Waals surface area contributed by atoms with E-state index in [-0.39, 0.29) is 11.8 Å². The molecule has 0 atom stereocenters. The van der Waals surface area contributed by atoms with E-state index in [2.05, 4.69) is 10.3 Å². The Hall–Kier alpha value is -2.04. The predicted octanol–water partition coefficient (Wildman–Crippen LogP) is 5.85. The zero-order valence-electron chi connectivity index (χ0n) is 14.3. The van der Waals surface area contributed by atoms with Gasteiger partial charge in [-0.2, -0.15) is 0 Å². The van der Waals surface area contributed by atoms with Gasteiger partial charge in [-0.25, -0.2) is 0 Å². The highest BCUT2D eigenvalue weighted by atomic mass is 35.5. The van der Waals surface area contributed by atoms with Crippen molar-refractivity contribution in [3.8, 4) is 0 Å². The fraction of sp³-hybridized carbons (Fsp3) is 0.300. The van der Waals surface area contributed by atoms with Crippen LogP contribution in [0.1, 0.15) is 37.7 Å². The normalized spacial score (nSPS) is 15.3. The van der Waals surface area contributed by atoms with Crippen LogP contribution in [0.3, 0.4) is 0 Å². The fourth-order valence-corrected chi connectivity index (χ4v) is 3.48. The molecule has 0 saturated heterocycles. The fourth-order valence-electron chi connectivity index (χ4n) is 3.09. The zero-order chi connectivity index (χ0) is 18.5. The maximum absolute atomic E-state index is 12.3. The Bertz CT molecular complexity index is 830. The highest BCUT2D eigenvalue weighted by Crippen LogP contribution is 2.28. The molecule has 2 aromatic rings. The first-order chi connectivity index (χ1) is 12.5. The van der Waals surface area contributed by atoms with Crippen LogP contribution in [0.25, 0.3) is 0 Å². The van der Waals surface area contributed by atoms with Gasteiger partial charge in [0, 0.05) is 28.4 Å². The maximum atomic E-state index is 12.3. The van der Waals surface area contributed by atoms with Gasteiger partial charge in [-0.05, 0) is 49.2 Å². The number of hydrogen-bond donors (Lipinski definition) is 2. The summed E-state index contributed by atoms with van der Waals surface area (Å²) in [5.74, 6) is 0.184. The van der Waals surface area contributed by atoms with Crippen molar-refractivity contribution in [3.05, 3.63) is 52.0 Å². The minimum Gasteiger partial charge on any atom is -0.397 e. The highest BCUT2D eigenvalue weighted by molar-refractivity contribution is 6.33. The van der Waals surface area contributed by atoms with Crippen LogP contribution in [0.2, 0.25) is 10.0 Å². The number of benzene rings is 2. The summed E-state index contributed by atoms with van der Waals surface area (Å²) in [6.45, 7) is 0. The van der Waals surface area contributed by atoms with E-state index in [1.807, 2.05) is 12.1 Å². The van der Waals surface area contributed by atoms with Gasteiger partial charge >= 0.3 is 0 Å². The Morgan fingerprint density at radius 3 is 2.62 bits per heavy atom. The lowest BCUT2D eigenvalue weighted by Crippen LogP contribution is -2.24. The Balaban J connectivity index is 1.70. The molecule has 0 radical (unpaired) electrons. The van der Waals surface area contributed by atoms with Crippen LogP contribution in [0, 0.1) is 5.92 Å². The molecule has 1 aliphatic rings. The van der Waals surface area contributed by atoms with Gasteiger partial charge in [0.2, 0.25) is 5.91 Å². The lowest BCUT2D eigenvalue weighted by molar-refractivity contribution is -0.120. The Kier molecular flexibility index (Phi) is 6.17. The lowest BCUT2D eigenvalue weighted by Gasteiger charge is -2.20. The first-order valence-electron chi connectivity index (χ1n) is 8.72. The molecule has 3 rings (SSSR count). The molecule has 6 heteroatoms. The SMILES string of the molecule is Nc1ccc(Cl)cc1N=Cc1ccc(NC(=O)C2CCCCC2)cc1Cl. The molecule has 136 valence electrons. The average Bonchev–Trinajstić information content (AvgIpc) is 2.64. The summed E-state index contributed by atoms with van der Waals surface area (Å²) in [6, 6.07) is 10.5.